The second kappa shape index (κ2) is 4.23. The van der Waals surface area contributed by atoms with E-state index in [1.165, 1.54) is 0 Å². The van der Waals surface area contributed by atoms with E-state index in [1.807, 2.05) is 60.1 Å². The molecule has 0 saturated carbocycles. The topological polar surface area (TPSA) is 56.7 Å². The molecule has 4 heteroatoms. The molecule has 1 aromatic heterocycles. The van der Waals surface area contributed by atoms with E-state index in [0.717, 1.165) is 22.3 Å². The van der Waals surface area contributed by atoms with Gasteiger partial charge in [0.15, 0.2) is 0 Å². The van der Waals surface area contributed by atoms with Crippen molar-refractivity contribution in [1.29, 1.82) is 0 Å². The number of benzene rings is 2. The zero-order valence-corrected chi connectivity index (χ0v) is 10.1. The first-order chi connectivity index (χ1) is 8.75. The molecule has 1 atom stereocenters. The largest absolute Gasteiger partial charge is 0.324 e. The van der Waals surface area contributed by atoms with E-state index >= 15 is 0 Å². The van der Waals surface area contributed by atoms with Gasteiger partial charge in [-0.1, -0.05) is 29.5 Å². The Morgan fingerprint density at radius 2 is 1.78 bits per heavy atom. The second-order valence-corrected chi connectivity index (χ2v) is 4.37. The van der Waals surface area contributed by atoms with E-state index in [0.29, 0.717) is 0 Å². The van der Waals surface area contributed by atoms with Crippen LogP contribution in [0.15, 0.2) is 48.5 Å². The summed E-state index contributed by atoms with van der Waals surface area (Å²) < 4.78 is 1.83. The Morgan fingerprint density at radius 1 is 1.06 bits per heavy atom. The molecule has 0 saturated heterocycles. The van der Waals surface area contributed by atoms with E-state index in [-0.39, 0.29) is 6.04 Å². The summed E-state index contributed by atoms with van der Waals surface area (Å²) >= 11 is 0. The van der Waals surface area contributed by atoms with Gasteiger partial charge in [0.2, 0.25) is 0 Å². The van der Waals surface area contributed by atoms with Crippen molar-refractivity contribution in [1.82, 2.24) is 15.0 Å². The van der Waals surface area contributed by atoms with Crippen molar-refractivity contribution in [3.63, 3.8) is 0 Å². The van der Waals surface area contributed by atoms with E-state index in [9.17, 15) is 0 Å². The summed E-state index contributed by atoms with van der Waals surface area (Å²) in [5.74, 6) is 0. The number of nitrogens with zero attached hydrogens (tertiary/aromatic N) is 3. The normalized spacial score (nSPS) is 12.8. The molecule has 0 radical (unpaired) electrons. The molecule has 2 N–H and O–H groups in total. The van der Waals surface area contributed by atoms with Gasteiger partial charge in [0.1, 0.15) is 5.52 Å². The zero-order valence-electron chi connectivity index (χ0n) is 10.1. The average molecular weight is 238 g/mol. The lowest BCUT2D eigenvalue weighted by Crippen LogP contribution is -2.05. The van der Waals surface area contributed by atoms with Gasteiger partial charge in [0.25, 0.3) is 0 Å². The van der Waals surface area contributed by atoms with Gasteiger partial charge in [-0.05, 0) is 36.8 Å². The van der Waals surface area contributed by atoms with Gasteiger partial charge in [-0.2, -0.15) is 0 Å². The Labute approximate surface area is 105 Å². The molecule has 0 fully saturated rings. The van der Waals surface area contributed by atoms with Gasteiger partial charge in [-0.3, -0.25) is 0 Å². The van der Waals surface area contributed by atoms with E-state index in [1.54, 1.807) is 0 Å². The van der Waals surface area contributed by atoms with Crippen LogP contribution in [0, 0.1) is 0 Å². The highest BCUT2D eigenvalue weighted by Gasteiger charge is 2.06. The molecule has 3 aromatic rings. The number of fused-ring (bicyclic) bond motifs is 1. The minimum Gasteiger partial charge on any atom is -0.324 e. The molecule has 0 bridgehead atoms. The van der Waals surface area contributed by atoms with Crippen molar-refractivity contribution in [3.8, 4) is 5.69 Å². The van der Waals surface area contributed by atoms with Crippen LogP contribution in [0.5, 0.6) is 0 Å². The molecule has 3 rings (SSSR count). The molecule has 0 spiro atoms. The zero-order chi connectivity index (χ0) is 12.5. The van der Waals surface area contributed by atoms with Crippen LogP contribution >= 0.6 is 0 Å². The highest BCUT2D eigenvalue weighted by Crippen LogP contribution is 2.17. The Bertz CT molecular complexity index is 668. The lowest BCUT2D eigenvalue weighted by atomic mass is 10.1. The van der Waals surface area contributed by atoms with E-state index < -0.39 is 0 Å². The summed E-state index contributed by atoms with van der Waals surface area (Å²) in [6.45, 7) is 1.97. The number of hydrogen-bond donors (Lipinski definition) is 1. The third-order valence-corrected chi connectivity index (χ3v) is 3.02. The summed E-state index contributed by atoms with van der Waals surface area (Å²) in [7, 11) is 0. The molecule has 0 unspecified atom stereocenters. The van der Waals surface area contributed by atoms with Crippen LogP contribution in [0.25, 0.3) is 16.7 Å². The van der Waals surface area contributed by atoms with Gasteiger partial charge in [0, 0.05) is 6.04 Å². The first-order valence-electron chi connectivity index (χ1n) is 5.92. The fourth-order valence-electron chi connectivity index (χ4n) is 1.98. The Hall–Kier alpha value is -2.20. The lowest BCUT2D eigenvalue weighted by molar-refractivity contribution is 0.806. The third-order valence-electron chi connectivity index (χ3n) is 3.02. The number of rotatable bonds is 2. The number of para-hydroxylation sites is 1. The summed E-state index contributed by atoms with van der Waals surface area (Å²) in [4.78, 5) is 0. The smallest absolute Gasteiger partial charge is 0.113 e. The van der Waals surface area contributed by atoms with E-state index in [4.69, 9.17) is 5.73 Å². The van der Waals surface area contributed by atoms with Crippen LogP contribution in [-0.2, 0) is 0 Å². The highest BCUT2D eigenvalue weighted by atomic mass is 15.4. The number of aromatic nitrogens is 3. The van der Waals surface area contributed by atoms with Crippen molar-refractivity contribution in [2.45, 2.75) is 13.0 Å². The number of hydrogen-bond acceptors (Lipinski definition) is 3. The lowest BCUT2D eigenvalue weighted by Gasteiger charge is -2.07. The first kappa shape index (κ1) is 10.9. The number of nitrogens with two attached hydrogens (primary N) is 1. The van der Waals surface area contributed by atoms with Crippen LogP contribution in [0.2, 0.25) is 0 Å². The quantitative estimate of drug-likeness (QED) is 0.746. The minimum atomic E-state index is 0.0477. The first-order valence-corrected chi connectivity index (χ1v) is 5.92. The van der Waals surface area contributed by atoms with Crippen molar-refractivity contribution in [2.75, 3.05) is 0 Å². The molecule has 4 nitrogen and oxygen atoms in total. The summed E-state index contributed by atoms with van der Waals surface area (Å²) in [5.41, 5.74) is 9.85. The maximum absolute atomic E-state index is 5.84. The predicted octanol–water partition coefficient (Wildman–Crippen LogP) is 2.44. The molecule has 90 valence electrons. The minimum absolute atomic E-state index is 0.0477. The molecular formula is C14H14N4. The van der Waals surface area contributed by atoms with Gasteiger partial charge in [-0.25, -0.2) is 4.68 Å². The average Bonchev–Trinajstić information content (AvgIpc) is 2.82. The maximum atomic E-state index is 5.84. The fourth-order valence-corrected chi connectivity index (χ4v) is 1.98. The highest BCUT2D eigenvalue weighted by molar-refractivity contribution is 5.75. The van der Waals surface area contributed by atoms with Crippen LogP contribution in [-0.4, -0.2) is 15.0 Å². The van der Waals surface area contributed by atoms with Gasteiger partial charge < -0.3 is 5.73 Å². The Morgan fingerprint density at radius 3 is 2.50 bits per heavy atom. The predicted molar refractivity (Wildman–Crippen MR) is 71.5 cm³/mol. The molecule has 2 aromatic carbocycles. The maximum Gasteiger partial charge on any atom is 0.113 e. The van der Waals surface area contributed by atoms with Crippen LogP contribution in [0.3, 0.4) is 0 Å². The van der Waals surface area contributed by atoms with Crippen LogP contribution in [0.4, 0.5) is 0 Å². The SMILES string of the molecule is C[C@H](N)c1ccc(-n2nnc3ccccc32)cc1. The van der Waals surface area contributed by atoms with Crippen molar-refractivity contribution in [3.05, 3.63) is 54.1 Å². The van der Waals surface area contributed by atoms with Crippen molar-refractivity contribution in [2.24, 2.45) is 5.73 Å². The molecule has 0 aliphatic heterocycles. The molecule has 18 heavy (non-hydrogen) atoms. The third kappa shape index (κ3) is 1.76. The second-order valence-electron chi connectivity index (χ2n) is 4.37. The Balaban J connectivity index is 2.09. The summed E-state index contributed by atoms with van der Waals surface area (Å²) in [6, 6.07) is 16.0. The van der Waals surface area contributed by atoms with Gasteiger partial charge in [-0.15, -0.1) is 5.10 Å². The van der Waals surface area contributed by atoms with Crippen molar-refractivity contribution >= 4 is 11.0 Å². The van der Waals surface area contributed by atoms with Crippen molar-refractivity contribution < 1.29 is 0 Å². The van der Waals surface area contributed by atoms with Crippen LogP contribution in [0.1, 0.15) is 18.5 Å². The molecule has 0 aliphatic rings. The molecule has 1 heterocycles. The van der Waals surface area contributed by atoms with Gasteiger partial charge >= 0.3 is 0 Å². The summed E-state index contributed by atoms with van der Waals surface area (Å²) in [6.07, 6.45) is 0. The van der Waals surface area contributed by atoms with E-state index in [2.05, 4.69) is 10.3 Å². The fraction of sp³-hybridized carbons (Fsp3) is 0.143. The molecule has 0 aliphatic carbocycles. The standard InChI is InChI=1S/C14H14N4/c1-10(15)11-6-8-12(9-7-11)18-14-5-3-2-4-13(14)16-17-18/h2-10H,15H2,1H3/t10-/m0/s1. The van der Waals surface area contributed by atoms with Gasteiger partial charge in [0.05, 0.1) is 11.2 Å². The monoisotopic (exact) mass is 238 g/mol. The molecule has 0 amide bonds. The molecular weight excluding hydrogens is 224 g/mol. The summed E-state index contributed by atoms with van der Waals surface area (Å²) in [5, 5.41) is 8.32. The van der Waals surface area contributed by atoms with Crippen LogP contribution < -0.4 is 5.73 Å². The Kier molecular flexibility index (Phi) is 2.57.